The molecule has 0 N–H and O–H groups in total. The Bertz CT molecular complexity index is 2900. The number of anilines is 3. The normalized spacial score (nSPS) is 11.6. The highest BCUT2D eigenvalue weighted by molar-refractivity contribution is 6.13. The maximum Gasteiger partial charge on any atom is 0.137 e. The number of rotatable bonds is 6. The highest BCUT2D eigenvalue weighted by Gasteiger charge is 2.20. The number of furan rings is 1. The Morgan fingerprint density at radius 2 is 1.06 bits per heavy atom. The average molecular weight is 671 g/mol. The van der Waals surface area contributed by atoms with Crippen LogP contribution in [-0.2, 0) is 0 Å². The van der Waals surface area contributed by atoms with Gasteiger partial charge in [-0.15, -0.1) is 0 Å². The van der Waals surface area contributed by atoms with E-state index in [0.717, 1.165) is 83.2 Å². The third-order valence-electron chi connectivity index (χ3n) is 10.1. The molecule has 8 aromatic carbocycles. The second kappa shape index (κ2) is 12.1. The zero-order valence-corrected chi connectivity index (χ0v) is 28.1. The largest absolute Gasteiger partial charge is 0.456 e. The lowest BCUT2D eigenvalue weighted by Crippen LogP contribution is -2.10. The van der Waals surface area contributed by atoms with Crippen molar-refractivity contribution in [1.82, 2.24) is 4.57 Å². The molecule has 3 nitrogen and oxygen atoms in total. The van der Waals surface area contributed by atoms with Crippen LogP contribution in [0.15, 0.2) is 192 Å². The fourth-order valence-electron chi connectivity index (χ4n) is 7.71. The van der Waals surface area contributed by atoms with E-state index in [0.29, 0.717) is 0 Å². The second-order valence-corrected chi connectivity index (χ2v) is 13.1. The third-order valence-corrected chi connectivity index (χ3v) is 10.1. The van der Waals surface area contributed by atoms with Gasteiger partial charge in [-0.25, -0.2) is 4.39 Å². The number of hydrogen-bond donors (Lipinski definition) is 0. The molecule has 0 aliphatic rings. The van der Waals surface area contributed by atoms with E-state index >= 15 is 0 Å². The van der Waals surface area contributed by atoms with Gasteiger partial charge in [0.2, 0.25) is 0 Å². The molecule has 0 amide bonds. The smallest absolute Gasteiger partial charge is 0.137 e. The molecule has 0 saturated carbocycles. The molecular formula is C48H31FN2O. The van der Waals surface area contributed by atoms with Crippen LogP contribution in [-0.4, -0.2) is 4.57 Å². The van der Waals surface area contributed by atoms with E-state index < -0.39 is 0 Å². The van der Waals surface area contributed by atoms with Gasteiger partial charge in [0.1, 0.15) is 17.0 Å². The highest BCUT2D eigenvalue weighted by atomic mass is 19.1. The molecule has 0 radical (unpaired) electrons. The van der Waals surface area contributed by atoms with E-state index in [1.165, 1.54) is 11.6 Å². The van der Waals surface area contributed by atoms with Gasteiger partial charge < -0.3 is 13.9 Å². The molecule has 4 heteroatoms. The van der Waals surface area contributed by atoms with E-state index in [1.54, 1.807) is 6.07 Å². The first-order valence-corrected chi connectivity index (χ1v) is 17.5. The van der Waals surface area contributed by atoms with Crippen LogP contribution in [0.2, 0.25) is 0 Å². The van der Waals surface area contributed by atoms with E-state index in [9.17, 15) is 4.39 Å². The number of hydrogen-bond acceptors (Lipinski definition) is 2. The van der Waals surface area contributed by atoms with Crippen molar-refractivity contribution in [3.63, 3.8) is 0 Å². The fourth-order valence-corrected chi connectivity index (χ4v) is 7.71. The van der Waals surface area contributed by atoms with Gasteiger partial charge in [0.15, 0.2) is 0 Å². The Labute approximate surface area is 300 Å². The minimum absolute atomic E-state index is 0.254. The maximum atomic E-state index is 14.7. The van der Waals surface area contributed by atoms with E-state index in [2.05, 4.69) is 137 Å². The summed E-state index contributed by atoms with van der Waals surface area (Å²) in [6, 6.07) is 64.1. The van der Waals surface area contributed by atoms with Crippen molar-refractivity contribution in [2.45, 2.75) is 0 Å². The van der Waals surface area contributed by atoms with Crippen LogP contribution in [0.3, 0.4) is 0 Å². The van der Waals surface area contributed by atoms with Crippen LogP contribution in [0.4, 0.5) is 21.5 Å². The van der Waals surface area contributed by atoms with Gasteiger partial charge in [-0.1, -0.05) is 115 Å². The van der Waals surface area contributed by atoms with Crippen LogP contribution in [0.1, 0.15) is 0 Å². The first-order valence-electron chi connectivity index (χ1n) is 17.5. The van der Waals surface area contributed by atoms with E-state index in [4.69, 9.17) is 4.42 Å². The van der Waals surface area contributed by atoms with Crippen LogP contribution >= 0.6 is 0 Å². The monoisotopic (exact) mass is 670 g/mol. The average Bonchev–Trinajstić information content (AvgIpc) is 3.75. The quantitative estimate of drug-likeness (QED) is 0.176. The van der Waals surface area contributed by atoms with Gasteiger partial charge >= 0.3 is 0 Å². The van der Waals surface area contributed by atoms with Gasteiger partial charge in [-0.3, -0.25) is 0 Å². The zero-order chi connectivity index (χ0) is 34.6. The molecule has 0 unspecified atom stereocenters. The van der Waals surface area contributed by atoms with Crippen LogP contribution in [0.5, 0.6) is 0 Å². The number of fused-ring (bicyclic) bond motifs is 6. The Kier molecular flexibility index (Phi) is 7.00. The van der Waals surface area contributed by atoms with Crippen molar-refractivity contribution < 1.29 is 8.81 Å². The van der Waals surface area contributed by atoms with Crippen molar-refractivity contribution in [3.05, 3.63) is 194 Å². The summed E-state index contributed by atoms with van der Waals surface area (Å²) >= 11 is 0. The Hall–Kier alpha value is -6.91. The topological polar surface area (TPSA) is 21.3 Å². The van der Waals surface area contributed by atoms with Gasteiger partial charge in [0.25, 0.3) is 0 Å². The molecule has 0 saturated heterocycles. The minimum atomic E-state index is -0.254. The summed E-state index contributed by atoms with van der Waals surface area (Å²) in [6.45, 7) is 0. The number of nitrogens with zero attached hydrogens (tertiary/aromatic N) is 2. The molecule has 52 heavy (non-hydrogen) atoms. The van der Waals surface area contributed by atoms with E-state index in [1.807, 2.05) is 48.5 Å². The summed E-state index contributed by atoms with van der Waals surface area (Å²) in [5, 5.41) is 4.26. The summed E-state index contributed by atoms with van der Waals surface area (Å²) in [5.41, 5.74) is 12.1. The van der Waals surface area contributed by atoms with Crippen molar-refractivity contribution in [2.75, 3.05) is 4.90 Å². The standard InChI is InChI=1S/C48H31FN2O/c49-35-25-30-40-39-14-5-8-17-43(39)51(45(40)31-35)42-16-7-4-13-38(42)34-23-28-37(29-24-34)50(36-26-21-33(22-27-36)32-11-2-1-3-12-32)44-18-10-20-47-48(44)41-15-6-9-19-46(41)52-47/h1-31H. The van der Waals surface area contributed by atoms with Crippen LogP contribution in [0, 0.1) is 5.82 Å². The molecule has 10 aromatic rings. The molecule has 0 fully saturated rings. The van der Waals surface area contributed by atoms with Crippen LogP contribution in [0.25, 0.3) is 71.7 Å². The molecule has 246 valence electrons. The zero-order valence-electron chi connectivity index (χ0n) is 28.1. The summed E-state index contributed by atoms with van der Waals surface area (Å²) in [7, 11) is 0. The van der Waals surface area contributed by atoms with Crippen molar-refractivity contribution in [2.24, 2.45) is 0 Å². The predicted octanol–water partition coefficient (Wildman–Crippen LogP) is 13.6. The summed E-state index contributed by atoms with van der Waals surface area (Å²) in [5.74, 6) is -0.254. The summed E-state index contributed by atoms with van der Waals surface area (Å²) in [4.78, 5) is 2.31. The molecule has 0 aliphatic carbocycles. The molecule has 2 heterocycles. The van der Waals surface area contributed by atoms with Gasteiger partial charge in [0.05, 0.1) is 27.8 Å². The first-order chi connectivity index (χ1) is 25.7. The number of para-hydroxylation sites is 3. The van der Waals surface area contributed by atoms with Gasteiger partial charge in [-0.2, -0.15) is 0 Å². The lowest BCUT2D eigenvalue weighted by Gasteiger charge is -2.27. The SMILES string of the molecule is Fc1ccc2c3ccccc3n(-c3ccccc3-c3ccc(N(c4ccc(-c5ccccc5)cc4)c4cccc5oc6ccccc6c45)cc3)c2c1. The molecule has 0 bridgehead atoms. The van der Waals surface area contributed by atoms with Gasteiger partial charge in [0, 0.05) is 33.1 Å². The second-order valence-electron chi connectivity index (χ2n) is 13.1. The van der Waals surface area contributed by atoms with Crippen molar-refractivity contribution >= 4 is 60.8 Å². The predicted molar refractivity (Wildman–Crippen MR) is 214 cm³/mol. The molecule has 0 atom stereocenters. The Morgan fingerprint density at radius 1 is 0.442 bits per heavy atom. The van der Waals surface area contributed by atoms with Crippen LogP contribution < -0.4 is 4.90 Å². The molecule has 10 rings (SSSR count). The summed E-state index contributed by atoms with van der Waals surface area (Å²) < 4.78 is 23.2. The number of aromatic nitrogens is 1. The number of halogens is 1. The third kappa shape index (κ3) is 4.88. The lowest BCUT2D eigenvalue weighted by atomic mass is 10.0. The number of benzene rings is 8. The minimum Gasteiger partial charge on any atom is -0.456 e. The molecule has 0 aliphatic heterocycles. The highest BCUT2D eigenvalue weighted by Crippen LogP contribution is 2.44. The molecular weight excluding hydrogens is 640 g/mol. The first kappa shape index (κ1) is 30.0. The maximum absolute atomic E-state index is 14.7. The van der Waals surface area contributed by atoms with Crippen molar-refractivity contribution in [1.29, 1.82) is 0 Å². The Morgan fingerprint density at radius 3 is 1.87 bits per heavy atom. The summed E-state index contributed by atoms with van der Waals surface area (Å²) in [6.07, 6.45) is 0. The van der Waals surface area contributed by atoms with Gasteiger partial charge in [-0.05, 0) is 89.5 Å². The molecule has 2 aromatic heterocycles. The van der Waals surface area contributed by atoms with E-state index in [-0.39, 0.29) is 5.82 Å². The molecule has 0 spiro atoms. The fraction of sp³-hybridized carbons (Fsp3) is 0. The Balaban J connectivity index is 1.13. The lowest BCUT2D eigenvalue weighted by molar-refractivity contribution is 0.629. The van der Waals surface area contributed by atoms with Crippen molar-refractivity contribution in [3.8, 4) is 27.9 Å².